The lowest BCUT2D eigenvalue weighted by atomic mass is 10.2. The molecular weight excluding hydrogens is 110 g/mol. The fraction of sp³-hybridized carbons (Fsp3) is 0.750. The maximum atomic E-state index is 5.93. The summed E-state index contributed by atoms with van der Waals surface area (Å²) < 4.78 is 0. The summed E-state index contributed by atoms with van der Waals surface area (Å²) in [7, 11) is 0. The van der Waals surface area contributed by atoms with Gasteiger partial charge in [-0.15, -0.1) is 0 Å². The zero-order valence-corrected chi connectivity index (χ0v) is 6.22. The summed E-state index contributed by atoms with van der Waals surface area (Å²) in [5, 5.41) is 0. The van der Waals surface area contributed by atoms with Gasteiger partial charge in [-0.05, 0) is 19.3 Å². The summed E-state index contributed by atoms with van der Waals surface area (Å²) in [6.45, 7) is 4.22. The van der Waals surface area contributed by atoms with E-state index in [1.54, 1.807) is 0 Å². The molecule has 1 heteroatoms. The second-order valence-electron chi connectivity index (χ2n) is 2.92. The summed E-state index contributed by atoms with van der Waals surface area (Å²) >= 11 is 0. The van der Waals surface area contributed by atoms with Crippen LogP contribution >= 0.6 is 0 Å². The Bertz CT molecular complexity index is 129. The van der Waals surface area contributed by atoms with E-state index in [-0.39, 0.29) is 5.54 Å². The molecule has 0 aromatic rings. The van der Waals surface area contributed by atoms with Gasteiger partial charge in [0.15, 0.2) is 0 Å². The summed E-state index contributed by atoms with van der Waals surface area (Å²) in [5.74, 6) is 0.758. The van der Waals surface area contributed by atoms with E-state index in [4.69, 9.17) is 5.73 Å². The predicted molar refractivity (Wildman–Crippen MR) is 40.1 cm³/mol. The van der Waals surface area contributed by atoms with Gasteiger partial charge in [-0.25, -0.2) is 0 Å². The molecule has 0 unspecified atom stereocenters. The van der Waals surface area contributed by atoms with E-state index in [9.17, 15) is 0 Å². The molecule has 52 valence electrons. The van der Waals surface area contributed by atoms with E-state index in [0.29, 0.717) is 0 Å². The van der Waals surface area contributed by atoms with Crippen LogP contribution in [-0.2, 0) is 0 Å². The molecule has 0 radical (unpaired) electrons. The van der Waals surface area contributed by atoms with Gasteiger partial charge < -0.3 is 5.73 Å². The molecule has 0 bridgehead atoms. The summed E-state index contributed by atoms with van der Waals surface area (Å²) in [4.78, 5) is 0. The number of rotatable bonds is 2. The third-order valence-corrected chi connectivity index (χ3v) is 2.17. The van der Waals surface area contributed by atoms with Crippen molar-refractivity contribution < 1.29 is 0 Å². The van der Waals surface area contributed by atoms with Crippen LogP contribution in [0.2, 0.25) is 0 Å². The average molecular weight is 125 g/mol. The van der Waals surface area contributed by atoms with Crippen LogP contribution in [0.5, 0.6) is 0 Å². The Morgan fingerprint density at radius 3 is 2.78 bits per heavy atom. The Hall–Kier alpha value is -0.300. The summed E-state index contributed by atoms with van der Waals surface area (Å²) in [5.41, 5.74) is 6.01. The Kier molecular flexibility index (Phi) is 1.62. The number of allylic oxidation sites excluding steroid dienone is 1. The van der Waals surface area contributed by atoms with Gasteiger partial charge in [-0.1, -0.05) is 25.5 Å². The zero-order valence-electron chi connectivity index (χ0n) is 6.22. The van der Waals surface area contributed by atoms with Crippen LogP contribution in [0.15, 0.2) is 12.2 Å². The minimum absolute atomic E-state index is 0.0868. The molecule has 0 saturated heterocycles. The van der Waals surface area contributed by atoms with Crippen molar-refractivity contribution in [3.63, 3.8) is 0 Å². The molecular formula is C8H15N. The van der Waals surface area contributed by atoms with Crippen LogP contribution in [0.1, 0.15) is 26.7 Å². The quantitative estimate of drug-likeness (QED) is 0.558. The van der Waals surface area contributed by atoms with E-state index >= 15 is 0 Å². The van der Waals surface area contributed by atoms with Gasteiger partial charge in [0.05, 0.1) is 0 Å². The number of hydrogen-bond donors (Lipinski definition) is 1. The Labute approximate surface area is 56.9 Å². The molecule has 0 aliphatic heterocycles. The molecule has 1 aliphatic rings. The van der Waals surface area contributed by atoms with Crippen molar-refractivity contribution in [1.29, 1.82) is 0 Å². The van der Waals surface area contributed by atoms with Crippen molar-refractivity contribution in [2.75, 3.05) is 0 Å². The van der Waals surface area contributed by atoms with Gasteiger partial charge in [-0.2, -0.15) is 0 Å². The third kappa shape index (κ3) is 1.16. The smallest absolute Gasteiger partial charge is 0.0371 e. The Morgan fingerprint density at radius 2 is 2.44 bits per heavy atom. The fourth-order valence-electron chi connectivity index (χ4n) is 1.41. The monoisotopic (exact) mass is 125 g/mol. The lowest BCUT2D eigenvalue weighted by Crippen LogP contribution is -2.21. The van der Waals surface area contributed by atoms with Crippen molar-refractivity contribution in [2.45, 2.75) is 32.2 Å². The Morgan fingerprint density at radius 1 is 1.78 bits per heavy atom. The summed E-state index contributed by atoms with van der Waals surface area (Å²) in [6, 6.07) is 0. The van der Waals surface area contributed by atoms with Gasteiger partial charge in [0.25, 0.3) is 0 Å². The standard InChI is InChI=1S/C8H15N/c1-3-5-8(9)6-7(8)4-2/h3,5,7H,4,6,9H2,1-2H3/b5-3-/t7-,8+/m1/s1. The highest BCUT2D eigenvalue weighted by Crippen LogP contribution is 2.44. The number of nitrogens with two attached hydrogens (primary N) is 1. The van der Waals surface area contributed by atoms with E-state index < -0.39 is 0 Å². The van der Waals surface area contributed by atoms with Gasteiger partial charge in [0, 0.05) is 5.54 Å². The molecule has 1 rings (SSSR count). The van der Waals surface area contributed by atoms with Gasteiger partial charge in [-0.3, -0.25) is 0 Å². The van der Waals surface area contributed by atoms with Crippen LogP contribution in [-0.4, -0.2) is 5.54 Å². The maximum absolute atomic E-state index is 5.93. The molecule has 9 heavy (non-hydrogen) atoms. The normalized spacial score (nSPS) is 41.9. The first-order valence-corrected chi connectivity index (χ1v) is 3.65. The highest BCUT2D eigenvalue weighted by molar-refractivity contribution is 5.19. The molecule has 1 nitrogen and oxygen atoms in total. The first-order chi connectivity index (χ1) is 4.23. The lowest BCUT2D eigenvalue weighted by Gasteiger charge is -2.00. The van der Waals surface area contributed by atoms with Crippen molar-refractivity contribution in [3.05, 3.63) is 12.2 Å². The molecule has 2 atom stereocenters. The second-order valence-corrected chi connectivity index (χ2v) is 2.92. The van der Waals surface area contributed by atoms with E-state index in [1.807, 2.05) is 6.92 Å². The first-order valence-electron chi connectivity index (χ1n) is 3.65. The topological polar surface area (TPSA) is 26.0 Å². The molecule has 0 heterocycles. The van der Waals surface area contributed by atoms with Crippen molar-refractivity contribution >= 4 is 0 Å². The first kappa shape index (κ1) is 6.81. The Balaban J connectivity index is 2.42. The second kappa shape index (κ2) is 2.14. The van der Waals surface area contributed by atoms with Gasteiger partial charge in [0.1, 0.15) is 0 Å². The van der Waals surface area contributed by atoms with Crippen molar-refractivity contribution in [3.8, 4) is 0 Å². The predicted octanol–water partition coefficient (Wildman–Crippen LogP) is 1.69. The van der Waals surface area contributed by atoms with Crippen LogP contribution in [0.3, 0.4) is 0 Å². The minimum atomic E-state index is 0.0868. The largest absolute Gasteiger partial charge is 0.322 e. The molecule has 0 aromatic carbocycles. The highest BCUT2D eigenvalue weighted by Gasteiger charge is 2.46. The zero-order chi connectivity index (χ0) is 6.91. The number of hydrogen-bond acceptors (Lipinski definition) is 1. The molecule has 1 saturated carbocycles. The van der Waals surface area contributed by atoms with Gasteiger partial charge >= 0.3 is 0 Å². The lowest BCUT2D eigenvalue weighted by molar-refractivity contribution is 0.682. The third-order valence-electron chi connectivity index (χ3n) is 2.17. The van der Waals surface area contributed by atoms with Crippen LogP contribution in [0.4, 0.5) is 0 Å². The SMILES string of the molecule is C/C=C\[C@]1(N)C[C@H]1CC. The molecule has 1 fully saturated rings. The average Bonchev–Trinajstić information content (AvgIpc) is 2.43. The van der Waals surface area contributed by atoms with Crippen LogP contribution in [0.25, 0.3) is 0 Å². The molecule has 2 N–H and O–H groups in total. The maximum Gasteiger partial charge on any atom is 0.0371 e. The van der Waals surface area contributed by atoms with Crippen molar-refractivity contribution in [2.24, 2.45) is 11.7 Å². The molecule has 0 spiro atoms. The minimum Gasteiger partial charge on any atom is -0.322 e. The molecule has 0 aromatic heterocycles. The van der Waals surface area contributed by atoms with Crippen molar-refractivity contribution in [1.82, 2.24) is 0 Å². The summed E-state index contributed by atoms with van der Waals surface area (Å²) in [6.07, 6.45) is 6.59. The van der Waals surface area contributed by atoms with Crippen LogP contribution < -0.4 is 5.73 Å². The van der Waals surface area contributed by atoms with Crippen LogP contribution in [0, 0.1) is 5.92 Å². The molecule has 0 amide bonds. The fourth-order valence-corrected chi connectivity index (χ4v) is 1.41. The van der Waals surface area contributed by atoms with E-state index in [0.717, 1.165) is 5.92 Å². The van der Waals surface area contributed by atoms with E-state index in [2.05, 4.69) is 19.1 Å². The van der Waals surface area contributed by atoms with Gasteiger partial charge in [0.2, 0.25) is 0 Å². The highest BCUT2D eigenvalue weighted by atomic mass is 14.8. The van der Waals surface area contributed by atoms with E-state index in [1.165, 1.54) is 12.8 Å². The molecule has 1 aliphatic carbocycles.